The van der Waals surface area contributed by atoms with Crippen molar-refractivity contribution >= 4 is 19.0 Å². The molecule has 0 aromatic carbocycles. The average molecular weight is 111 g/mol. The lowest BCUT2D eigenvalue weighted by Crippen LogP contribution is -1.86. The van der Waals surface area contributed by atoms with Gasteiger partial charge in [-0.2, -0.15) is 0 Å². The normalized spacial score (nSPS) is 15.6. The van der Waals surface area contributed by atoms with Gasteiger partial charge in [-0.3, -0.25) is 5.50 Å². The summed E-state index contributed by atoms with van der Waals surface area (Å²) in [5, 5.41) is 0. The van der Waals surface area contributed by atoms with Gasteiger partial charge in [0, 0.05) is 0 Å². The highest BCUT2D eigenvalue weighted by Crippen LogP contribution is 2.14. The third kappa shape index (κ3) is 4.53. The van der Waals surface area contributed by atoms with Crippen molar-refractivity contribution in [1.82, 2.24) is 0 Å². The fourth-order valence-electron chi connectivity index (χ4n) is 0. The zero-order chi connectivity index (χ0) is 4.28. The Labute approximate surface area is 34.6 Å². The molecule has 0 spiro atoms. The smallest absolute Gasteiger partial charge is 0.238 e. The zero-order valence-electron chi connectivity index (χ0n) is 2.88. The van der Waals surface area contributed by atoms with Gasteiger partial charge in [0.15, 0.2) is 10.5 Å². The van der Waals surface area contributed by atoms with Crippen molar-refractivity contribution in [3.8, 4) is 0 Å². The molecule has 0 fully saturated rings. The lowest BCUT2D eigenvalue weighted by molar-refractivity contribution is 0.514. The molecule has 5 heteroatoms. The summed E-state index contributed by atoms with van der Waals surface area (Å²) in [5.41, 5.74) is 4.72. The summed E-state index contributed by atoms with van der Waals surface area (Å²) < 4.78 is 4.29. The largest absolute Gasteiger partial charge is 0.376 e. The van der Waals surface area contributed by atoms with E-state index < -0.39 is 8.53 Å². The van der Waals surface area contributed by atoms with Gasteiger partial charge in [0.2, 0.25) is 8.53 Å². The summed E-state index contributed by atoms with van der Waals surface area (Å²) in [6.45, 7) is 0. The maximum absolute atomic E-state index is 8.02. The number of nitrogens with two attached hydrogens (primary N) is 1. The summed E-state index contributed by atoms with van der Waals surface area (Å²) >= 11 is 0. The average Bonchev–Trinajstić information content (AvgIpc) is 1.38. The minimum atomic E-state index is -1.54. The fourth-order valence-corrected chi connectivity index (χ4v) is 0. The number of rotatable bonds is 1. The van der Waals surface area contributed by atoms with Crippen molar-refractivity contribution < 1.29 is 9.11 Å². The maximum atomic E-state index is 8.02. The Morgan fingerprint density at radius 2 is 2.20 bits per heavy atom. The van der Waals surface area contributed by atoms with Crippen LogP contribution >= 0.6 is 8.53 Å². The van der Waals surface area contributed by atoms with Gasteiger partial charge in [0.1, 0.15) is 0 Å². The molecule has 0 aromatic rings. The molecule has 3 nitrogen and oxygen atoms in total. The minimum Gasteiger partial charge on any atom is -0.376 e. The lowest BCUT2D eigenvalue weighted by atomic mass is 13.9. The van der Waals surface area contributed by atoms with Gasteiger partial charge in [0.05, 0.1) is 0 Å². The molecule has 3 N–H and O–H groups in total. The van der Waals surface area contributed by atoms with Crippen LogP contribution in [0.5, 0.6) is 0 Å². The van der Waals surface area contributed by atoms with Gasteiger partial charge in [0.25, 0.3) is 0 Å². The first-order chi connectivity index (χ1) is 2.27. The molecule has 0 rings (SSSR count). The topological polar surface area (TPSA) is 55.5 Å². The molecule has 0 amide bonds. The quantitative estimate of drug-likeness (QED) is 0.318. The molecule has 32 valence electrons. The first-order valence-corrected chi connectivity index (χ1v) is 3.15. The van der Waals surface area contributed by atoms with E-state index in [4.69, 9.17) is 10.4 Å². The summed E-state index contributed by atoms with van der Waals surface area (Å²) in [4.78, 5) is 8.02. The van der Waals surface area contributed by atoms with E-state index >= 15 is 0 Å². The van der Waals surface area contributed by atoms with Crippen LogP contribution in [-0.4, -0.2) is 15.4 Å². The van der Waals surface area contributed by atoms with Crippen molar-refractivity contribution in [3.05, 3.63) is 0 Å². The molecule has 0 aliphatic heterocycles. The van der Waals surface area contributed by atoms with E-state index in [9.17, 15) is 0 Å². The minimum absolute atomic E-state index is 0.527. The molecule has 0 aliphatic rings. The van der Waals surface area contributed by atoms with Crippen LogP contribution in [0.3, 0.4) is 0 Å². The van der Waals surface area contributed by atoms with Crippen molar-refractivity contribution in [2.75, 3.05) is 0 Å². The highest BCUT2D eigenvalue weighted by Gasteiger charge is 1.82. The van der Waals surface area contributed by atoms with Gasteiger partial charge in [-0.25, -0.2) is 0 Å². The highest BCUT2D eigenvalue weighted by atomic mass is 31.2. The van der Waals surface area contributed by atoms with Gasteiger partial charge in [-0.05, 0) is 0 Å². The van der Waals surface area contributed by atoms with E-state index in [0.717, 1.165) is 0 Å². The molecule has 5 heavy (non-hydrogen) atoms. The third-order valence-corrected chi connectivity index (χ3v) is 1.68. The van der Waals surface area contributed by atoms with Gasteiger partial charge in [-0.1, -0.05) is 0 Å². The van der Waals surface area contributed by atoms with E-state index in [-0.39, 0.29) is 0 Å². The monoisotopic (exact) mass is 111 g/mol. The Kier molecular flexibility index (Phi) is 3.04. The van der Waals surface area contributed by atoms with Gasteiger partial charge < -0.3 is 9.11 Å². The van der Waals surface area contributed by atoms with Crippen LogP contribution in [0.25, 0.3) is 0 Å². The van der Waals surface area contributed by atoms with E-state index in [1.807, 2.05) is 0 Å². The predicted molar refractivity (Wildman–Crippen MR) is 24.4 cm³/mol. The SMILES string of the molecule is NP(O)O[SiH3]. The molecule has 1 unspecified atom stereocenters. The van der Waals surface area contributed by atoms with Gasteiger partial charge >= 0.3 is 0 Å². The number of hydrogen-bond acceptors (Lipinski definition) is 3. The molecule has 0 saturated carbocycles. The van der Waals surface area contributed by atoms with Crippen molar-refractivity contribution in [1.29, 1.82) is 0 Å². The second-order valence-corrected chi connectivity index (χ2v) is 2.55. The second kappa shape index (κ2) is 2.75. The molecule has 0 bridgehead atoms. The molecule has 0 saturated heterocycles. The van der Waals surface area contributed by atoms with Crippen LogP contribution in [0.4, 0.5) is 0 Å². The summed E-state index contributed by atoms with van der Waals surface area (Å²) in [5.74, 6) is 0. The summed E-state index contributed by atoms with van der Waals surface area (Å²) in [6, 6.07) is 0. The van der Waals surface area contributed by atoms with Crippen molar-refractivity contribution in [3.63, 3.8) is 0 Å². The maximum Gasteiger partial charge on any atom is 0.238 e. The van der Waals surface area contributed by atoms with E-state index in [0.29, 0.717) is 10.5 Å². The molecule has 0 aromatic heterocycles. The highest BCUT2D eigenvalue weighted by molar-refractivity contribution is 7.44. The van der Waals surface area contributed by atoms with Crippen LogP contribution in [0.1, 0.15) is 0 Å². The zero-order valence-corrected chi connectivity index (χ0v) is 5.77. The Hall–Kier alpha value is 0.527. The summed E-state index contributed by atoms with van der Waals surface area (Å²) in [6.07, 6.45) is 0. The van der Waals surface area contributed by atoms with E-state index in [1.54, 1.807) is 0 Å². The van der Waals surface area contributed by atoms with Crippen LogP contribution in [0.2, 0.25) is 0 Å². The predicted octanol–water partition coefficient (Wildman–Crippen LogP) is -1.54. The van der Waals surface area contributed by atoms with Gasteiger partial charge in [-0.15, -0.1) is 0 Å². The second-order valence-electron chi connectivity index (χ2n) is 0.485. The molecule has 0 aliphatic carbocycles. The third-order valence-electron chi connectivity index (χ3n) is 0.187. The Balaban J connectivity index is 2.54. The van der Waals surface area contributed by atoms with Crippen molar-refractivity contribution in [2.24, 2.45) is 5.50 Å². The number of hydrogen-bond donors (Lipinski definition) is 2. The molecule has 0 radical (unpaired) electrons. The Morgan fingerprint density at radius 1 is 2.00 bits per heavy atom. The Morgan fingerprint density at radius 3 is 2.20 bits per heavy atom. The van der Waals surface area contributed by atoms with Crippen LogP contribution in [0.15, 0.2) is 0 Å². The molecular weight excluding hydrogens is 105 g/mol. The lowest BCUT2D eigenvalue weighted by Gasteiger charge is -1.93. The summed E-state index contributed by atoms with van der Waals surface area (Å²) in [7, 11) is -1.01. The standard InChI is InChI=1S/H6NO2PSi/c1-4(2)3-5/h2H,1H2,5H3. The van der Waals surface area contributed by atoms with E-state index in [1.165, 1.54) is 0 Å². The molecule has 0 heterocycles. The molecular formula is H6NO2PSi. The van der Waals surface area contributed by atoms with E-state index in [2.05, 4.69) is 4.21 Å². The van der Waals surface area contributed by atoms with Crippen LogP contribution in [-0.2, 0) is 4.21 Å². The van der Waals surface area contributed by atoms with Crippen LogP contribution < -0.4 is 5.50 Å². The Bertz CT molecular complexity index is 23.6. The first-order valence-electron chi connectivity index (χ1n) is 1.05. The first kappa shape index (κ1) is 5.53. The fraction of sp³-hybridized carbons (Fsp3) is 0. The van der Waals surface area contributed by atoms with Crippen LogP contribution in [0, 0.1) is 0 Å². The van der Waals surface area contributed by atoms with Crippen molar-refractivity contribution in [2.45, 2.75) is 0 Å². The molecule has 1 atom stereocenters.